The van der Waals surface area contributed by atoms with Crippen LogP contribution in [-0.2, 0) is 0 Å². The van der Waals surface area contributed by atoms with Crippen LogP contribution >= 0.6 is 23.1 Å². The van der Waals surface area contributed by atoms with Gasteiger partial charge in [0.25, 0.3) is 0 Å². The molecule has 0 aromatic carbocycles. The number of carboxylic acid groups (broad SMARTS) is 1. The number of pyridine rings is 1. The second-order valence-corrected chi connectivity index (χ2v) is 5.77. The van der Waals surface area contributed by atoms with Gasteiger partial charge < -0.3 is 10.0 Å². The molecule has 8 heteroatoms. The highest BCUT2D eigenvalue weighted by Crippen LogP contribution is 2.34. The predicted octanol–water partition coefficient (Wildman–Crippen LogP) is 1.85. The smallest absolute Gasteiger partial charge is 0.338 e. The third-order valence-corrected chi connectivity index (χ3v) is 4.20. The molecule has 2 aromatic heterocycles. The third-order valence-electron chi connectivity index (χ3n) is 1.99. The van der Waals surface area contributed by atoms with Gasteiger partial charge in [0.05, 0.1) is 5.56 Å². The Morgan fingerprint density at radius 2 is 2.22 bits per heavy atom. The molecule has 0 amide bonds. The lowest BCUT2D eigenvalue weighted by Gasteiger charge is -2.04. The van der Waals surface area contributed by atoms with Crippen LogP contribution in [0.5, 0.6) is 0 Å². The predicted molar refractivity (Wildman–Crippen MR) is 69.6 cm³/mol. The van der Waals surface area contributed by atoms with E-state index in [1.807, 2.05) is 19.0 Å². The van der Waals surface area contributed by atoms with Gasteiger partial charge in [0.15, 0.2) is 4.34 Å². The average Bonchev–Trinajstić information content (AvgIpc) is 2.78. The van der Waals surface area contributed by atoms with Crippen LogP contribution in [0, 0.1) is 0 Å². The van der Waals surface area contributed by atoms with Gasteiger partial charge in [0.2, 0.25) is 5.13 Å². The molecule has 0 aliphatic carbocycles. The van der Waals surface area contributed by atoms with E-state index in [0.29, 0.717) is 9.24 Å². The third kappa shape index (κ3) is 2.77. The summed E-state index contributed by atoms with van der Waals surface area (Å²) < 4.78 is 0.701. The highest BCUT2D eigenvalue weighted by atomic mass is 32.2. The summed E-state index contributed by atoms with van der Waals surface area (Å²) >= 11 is 2.69. The Labute approximate surface area is 112 Å². The summed E-state index contributed by atoms with van der Waals surface area (Å²) in [7, 11) is 3.76. The molecule has 0 bridgehead atoms. The standard InChI is InChI=1S/C10H10N4O2S2/c1-14(2)9-12-13-10(18-9)17-7-3-4-11-5-6(7)8(15)16/h3-5H,1-2H3,(H,15,16). The van der Waals surface area contributed by atoms with E-state index in [0.717, 1.165) is 5.13 Å². The Morgan fingerprint density at radius 1 is 1.44 bits per heavy atom. The van der Waals surface area contributed by atoms with Crippen molar-refractivity contribution in [2.75, 3.05) is 19.0 Å². The number of aromatic carboxylic acids is 1. The summed E-state index contributed by atoms with van der Waals surface area (Å²) in [4.78, 5) is 17.3. The van der Waals surface area contributed by atoms with Crippen LogP contribution in [0.25, 0.3) is 0 Å². The fraction of sp³-hybridized carbons (Fsp3) is 0.200. The summed E-state index contributed by atoms with van der Waals surface area (Å²) in [5, 5.41) is 17.8. The van der Waals surface area contributed by atoms with E-state index in [-0.39, 0.29) is 5.56 Å². The van der Waals surface area contributed by atoms with E-state index in [4.69, 9.17) is 5.11 Å². The minimum absolute atomic E-state index is 0.170. The first kappa shape index (κ1) is 12.8. The monoisotopic (exact) mass is 282 g/mol. The lowest BCUT2D eigenvalue weighted by molar-refractivity contribution is 0.0692. The number of carboxylic acids is 1. The first-order chi connectivity index (χ1) is 8.58. The van der Waals surface area contributed by atoms with Crippen LogP contribution in [-0.4, -0.2) is 40.4 Å². The largest absolute Gasteiger partial charge is 0.478 e. The molecule has 18 heavy (non-hydrogen) atoms. The maximum absolute atomic E-state index is 11.0. The molecule has 0 aliphatic rings. The second kappa shape index (κ2) is 5.32. The number of nitrogens with zero attached hydrogens (tertiary/aromatic N) is 4. The van der Waals surface area contributed by atoms with Crippen LogP contribution in [0.1, 0.15) is 10.4 Å². The molecule has 0 saturated carbocycles. The Hall–Kier alpha value is -1.67. The Kier molecular flexibility index (Phi) is 3.78. The molecule has 2 rings (SSSR count). The van der Waals surface area contributed by atoms with E-state index in [1.165, 1.54) is 29.3 Å². The molecule has 2 heterocycles. The van der Waals surface area contributed by atoms with Gasteiger partial charge in [0.1, 0.15) is 0 Å². The maximum atomic E-state index is 11.0. The van der Waals surface area contributed by atoms with E-state index >= 15 is 0 Å². The Balaban J connectivity index is 2.25. The van der Waals surface area contributed by atoms with Gasteiger partial charge in [-0.1, -0.05) is 23.1 Å². The van der Waals surface area contributed by atoms with Gasteiger partial charge in [0, 0.05) is 31.4 Å². The number of rotatable bonds is 4. The molecule has 0 spiro atoms. The highest BCUT2D eigenvalue weighted by Gasteiger charge is 2.14. The SMILES string of the molecule is CN(C)c1nnc(Sc2ccncc2C(=O)O)s1. The van der Waals surface area contributed by atoms with E-state index < -0.39 is 5.97 Å². The van der Waals surface area contributed by atoms with Crippen LogP contribution in [0.3, 0.4) is 0 Å². The summed E-state index contributed by atoms with van der Waals surface area (Å²) in [6, 6.07) is 1.66. The lowest BCUT2D eigenvalue weighted by Crippen LogP contribution is -2.07. The lowest BCUT2D eigenvalue weighted by atomic mass is 10.3. The minimum atomic E-state index is -0.997. The molecule has 0 atom stereocenters. The Bertz CT molecular complexity index is 571. The fourth-order valence-corrected chi connectivity index (χ4v) is 2.96. The zero-order chi connectivity index (χ0) is 13.1. The molecule has 0 aliphatic heterocycles. The number of aromatic nitrogens is 3. The van der Waals surface area contributed by atoms with Gasteiger partial charge in [-0.05, 0) is 6.07 Å². The molecule has 0 radical (unpaired) electrons. The van der Waals surface area contributed by atoms with E-state index in [9.17, 15) is 4.79 Å². The van der Waals surface area contributed by atoms with E-state index in [1.54, 1.807) is 12.3 Å². The quantitative estimate of drug-likeness (QED) is 0.916. The highest BCUT2D eigenvalue weighted by molar-refractivity contribution is 8.01. The maximum Gasteiger partial charge on any atom is 0.338 e. The first-order valence-electron chi connectivity index (χ1n) is 4.94. The number of carbonyl (C=O) groups is 1. The van der Waals surface area contributed by atoms with Gasteiger partial charge in [-0.2, -0.15) is 0 Å². The number of hydrogen-bond acceptors (Lipinski definition) is 7. The summed E-state index contributed by atoms with van der Waals surface area (Å²) in [6.07, 6.45) is 2.89. The second-order valence-electron chi connectivity index (χ2n) is 3.52. The fourth-order valence-electron chi connectivity index (χ4n) is 1.15. The van der Waals surface area contributed by atoms with Gasteiger partial charge in [-0.3, -0.25) is 4.98 Å². The number of hydrogen-bond donors (Lipinski definition) is 1. The van der Waals surface area contributed by atoms with Gasteiger partial charge >= 0.3 is 5.97 Å². The molecule has 2 aromatic rings. The Morgan fingerprint density at radius 3 is 2.83 bits per heavy atom. The molecule has 0 saturated heterocycles. The molecular formula is C10H10N4O2S2. The van der Waals surface area contributed by atoms with Gasteiger partial charge in [-0.25, -0.2) is 4.79 Å². The van der Waals surface area contributed by atoms with Crippen LogP contribution in [0.2, 0.25) is 0 Å². The average molecular weight is 282 g/mol. The summed E-state index contributed by atoms with van der Waals surface area (Å²) in [5.74, 6) is -0.997. The van der Waals surface area contributed by atoms with E-state index in [2.05, 4.69) is 15.2 Å². The van der Waals surface area contributed by atoms with Crippen molar-refractivity contribution >= 4 is 34.2 Å². The van der Waals surface area contributed by atoms with Crippen molar-refractivity contribution in [3.63, 3.8) is 0 Å². The van der Waals surface area contributed by atoms with Crippen molar-refractivity contribution in [2.24, 2.45) is 0 Å². The van der Waals surface area contributed by atoms with Crippen molar-refractivity contribution in [1.82, 2.24) is 15.2 Å². The minimum Gasteiger partial charge on any atom is -0.478 e. The molecule has 6 nitrogen and oxygen atoms in total. The van der Waals surface area contributed by atoms with Crippen LogP contribution < -0.4 is 4.90 Å². The zero-order valence-corrected chi connectivity index (χ0v) is 11.3. The van der Waals surface area contributed by atoms with Crippen molar-refractivity contribution in [3.05, 3.63) is 24.0 Å². The van der Waals surface area contributed by atoms with Crippen LogP contribution in [0.15, 0.2) is 27.7 Å². The molecular weight excluding hydrogens is 272 g/mol. The van der Waals surface area contributed by atoms with Crippen molar-refractivity contribution in [3.8, 4) is 0 Å². The van der Waals surface area contributed by atoms with Crippen molar-refractivity contribution in [2.45, 2.75) is 9.24 Å². The molecule has 94 valence electrons. The topological polar surface area (TPSA) is 79.2 Å². The molecule has 0 fully saturated rings. The summed E-state index contributed by atoms with van der Waals surface area (Å²) in [6.45, 7) is 0. The van der Waals surface area contributed by atoms with Crippen molar-refractivity contribution in [1.29, 1.82) is 0 Å². The first-order valence-corrected chi connectivity index (χ1v) is 6.57. The van der Waals surface area contributed by atoms with Crippen molar-refractivity contribution < 1.29 is 9.90 Å². The van der Waals surface area contributed by atoms with Gasteiger partial charge in [-0.15, -0.1) is 10.2 Å². The molecule has 1 N–H and O–H groups in total. The normalized spacial score (nSPS) is 10.3. The number of anilines is 1. The molecule has 0 unspecified atom stereocenters. The summed E-state index contributed by atoms with van der Waals surface area (Å²) in [5.41, 5.74) is 0.170. The van der Waals surface area contributed by atoms with Crippen LogP contribution in [0.4, 0.5) is 5.13 Å². The zero-order valence-electron chi connectivity index (χ0n) is 9.69.